The minimum atomic E-state index is 0. The Kier molecular flexibility index (Phi) is 9.15. The Morgan fingerprint density at radius 2 is 2.10 bits per heavy atom. The van der Waals surface area contributed by atoms with Crippen molar-refractivity contribution < 1.29 is 9.47 Å². The molecule has 1 aliphatic heterocycles. The number of rotatable bonds is 8. The van der Waals surface area contributed by atoms with Crippen molar-refractivity contribution in [3.05, 3.63) is 11.6 Å². The van der Waals surface area contributed by atoms with E-state index >= 15 is 0 Å². The number of ether oxygens (including phenoxy) is 2. The number of nitrogens with one attached hydrogen (secondary N) is 2. The molecule has 2 N–H and O–H groups in total. The van der Waals surface area contributed by atoms with Gasteiger partial charge in [0.05, 0.1) is 12.2 Å². The fourth-order valence-corrected chi connectivity index (χ4v) is 4.55. The third kappa shape index (κ3) is 5.22. The fourth-order valence-electron chi connectivity index (χ4n) is 4.55. The number of hydrogen-bond donors (Lipinski definition) is 2. The van der Waals surface area contributed by atoms with E-state index in [4.69, 9.17) is 14.5 Å². The molecule has 0 spiro atoms. The second-order valence-corrected chi connectivity index (χ2v) is 8.00. The van der Waals surface area contributed by atoms with Crippen molar-refractivity contribution >= 4 is 29.9 Å². The van der Waals surface area contributed by atoms with Crippen LogP contribution in [0.2, 0.25) is 0 Å². The summed E-state index contributed by atoms with van der Waals surface area (Å²) in [6.45, 7) is 8.58. The van der Waals surface area contributed by atoms with Gasteiger partial charge in [-0.15, -0.1) is 34.2 Å². The van der Waals surface area contributed by atoms with Crippen molar-refractivity contribution in [3.63, 3.8) is 0 Å². The van der Waals surface area contributed by atoms with Gasteiger partial charge in [0.25, 0.3) is 0 Å². The lowest BCUT2D eigenvalue weighted by Crippen LogP contribution is -2.65. The number of methoxy groups -OCH3 is 1. The lowest BCUT2D eigenvalue weighted by atomic mass is 9.58. The molecule has 1 aliphatic carbocycles. The molecule has 3 atom stereocenters. The van der Waals surface area contributed by atoms with Crippen molar-refractivity contribution in [2.45, 2.75) is 77.7 Å². The fraction of sp³-hybridized carbons (Fsp3) is 0.850. The van der Waals surface area contributed by atoms with Crippen LogP contribution < -0.4 is 10.6 Å². The van der Waals surface area contributed by atoms with Crippen LogP contribution in [-0.4, -0.2) is 59.2 Å². The van der Waals surface area contributed by atoms with Crippen LogP contribution in [0.1, 0.15) is 57.6 Å². The number of aliphatic imine (C=N–C) groups is 1. The summed E-state index contributed by atoms with van der Waals surface area (Å²) in [5.41, 5.74) is 0.155. The van der Waals surface area contributed by atoms with Gasteiger partial charge >= 0.3 is 0 Å². The van der Waals surface area contributed by atoms with Crippen molar-refractivity contribution in [2.24, 2.45) is 17.5 Å². The SMILES string of the molecule is CCC1(CC)C(NC(=NCc2nnc(C)n2C)NCC2CCCO2)CC1OC.I. The van der Waals surface area contributed by atoms with E-state index in [1.807, 2.05) is 25.6 Å². The molecule has 1 aromatic rings. The van der Waals surface area contributed by atoms with Gasteiger partial charge in [0.1, 0.15) is 12.4 Å². The van der Waals surface area contributed by atoms with Crippen molar-refractivity contribution in [3.8, 4) is 0 Å². The molecule has 3 unspecified atom stereocenters. The van der Waals surface area contributed by atoms with E-state index in [-0.39, 0.29) is 35.5 Å². The maximum atomic E-state index is 5.76. The molecule has 1 saturated heterocycles. The molecule has 9 heteroatoms. The van der Waals surface area contributed by atoms with Gasteiger partial charge < -0.3 is 24.7 Å². The van der Waals surface area contributed by atoms with E-state index in [0.29, 0.717) is 18.7 Å². The van der Waals surface area contributed by atoms with Crippen LogP contribution in [0.15, 0.2) is 4.99 Å². The largest absolute Gasteiger partial charge is 0.381 e. The molecule has 0 amide bonds. The zero-order chi connectivity index (χ0) is 20.1. The zero-order valence-corrected chi connectivity index (χ0v) is 20.7. The molecule has 1 aromatic heterocycles. The standard InChI is InChI=1S/C20H36N6O2.HI/c1-6-20(7-2)16(11-17(20)27-5)23-19(21-12-15-9-8-10-28-15)22-13-18-25-24-14(3)26(18)4;/h15-17H,6-13H2,1-5H3,(H2,21,22,23);1H. The number of halogens is 1. The first-order chi connectivity index (χ1) is 13.5. The van der Waals surface area contributed by atoms with Crippen LogP contribution in [0.5, 0.6) is 0 Å². The Morgan fingerprint density at radius 3 is 2.66 bits per heavy atom. The van der Waals surface area contributed by atoms with Crippen LogP contribution in [0.4, 0.5) is 0 Å². The van der Waals surface area contributed by atoms with Gasteiger partial charge in [-0.1, -0.05) is 13.8 Å². The summed E-state index contributed by atoms with van der Waals surface area (Å²) in [5.74, 6) is 2.57. The van der Waals surface area contributed by atoms with Crippen molar-refractivity contribution in [1.29, 1.82) is 0 Å². The predicted octanol–water partition coefficient (Wildman–Crippen LogP) is 2.55. The first-order valence-electron chi connectivity index (χ1n) is 10.6. The smallest absolute Gasteiger partial charge is 0.192 e. The third-order valence-corrected chi connectivity index (χ3v) is 6.78. The van der Waals surface area contributed by atoms with Gasteiger partial charge in [-0.05, 0) is 39.0 Å². The molecule has 2 fully saturated rings. The van der Waals surface area contributed by atoms with Gasteiger partial charge in [-0.25, -0.2) is 4.99 Å². The molecule has 0 aromatic carbocycles. The van der Waals surface area contributed by atoms with E-state index in [1.54, 1.807) is 0 Å². The van der Waals surface area contributed by atoms with Crippen LogP contribution in [0.25, 0.3) is 0 Å². The Balaban J connectivity index is 0.00000300. The highest BCUT2D eigenvalue weighted by Gasteiger charge is 2.53. The molecule has 29 heavy (non-hydrogen) atoms. The van der Waals surface area contributed by atoms with Crippen LogP contribution in [0.3, 0.4) is 0 Å². The van der Waals surface area contributed by atoms with Gasteiger partial charge in [-0.3, -0.25) is 0 Å². The van der Waals surface area contributed by atoms with Crippen molar-refractivity contribution in [1.82, 2.24) is 25.4 Å². The van der Waals surface area contributed by atoms with E-state index in [2.05, 4.69) is 34.7 Å². The van der Waals surface area contributed by atoms with Crippen LogP contribution >= 0.6 is 24.0 Å². The van der Waals surface area contributed by atoms with E-state index in [0.717, 1.165) is 62.9 Å². The quantitative estimate of drug-likeness (QED) is 0.312. The molecule has 166 valence electrons. The number of hydrogen-bond acceptors (Lipinski definition) is 5. The maximum absolute atomic E-state index is 5.76. The van der Waals surface area contributed by atoms with Gasteiger partial charge in [-0.2, -0.15) is 0 Å². The summed E-state index contributed by atoms with van der Waals surface area (Å²) in [6.07, 6.45) is 5.98. The summed E-state index contributed by atoms with van der Waals surface area (Å²) in [7, 11) is 3.80. The lowest BCUT2D eigenvalue weighted by molar-refractivity contribution is -0.118. The summed E-state index contributed by atoms with van der Waals surface area (Å²) in [5, 5.41) is 15.5. The molecule has 0 radical (unpaired) electrons. The Hall–Kier alpha value is -0.940. The lowest BCUT2D eigenvalue weighted by Gasteiger charge is -2.55. The maximum Gasteiger partial charge on any atom is 0.192 e. The predicted molar refractivity (Wildman–Crippen MR) is 125 cm³/mol. The number of aromatic nitrogens is 3. The van der Waals surface area contributed by atoms with E-state index < -0.39 is 0 Å². The normalized spacial score (nSPS) is 26.0. The minimum Gasteiger partial charge on any atom is -0.381 e. The summed E-state index contributed by atoms with van der Waals surface area (Å²) in [6, 6.07) is 0.351. The second-order valence-electron chi connectivity index (χ2n) is 8.00. The molecule has 3 rings (SSSR count). The van der Waals surface area contributed by atoms with Gasteiger partial charge in [0, 0.05) is 38.8 Å². The average Bonchev–Trinajstić information content (AvgIpc) is 3.32. The molecular formula is C20H37IN6O2. The molecule has 2 heterocycles. The molecule has 0 bridgehead atoms. The number of aryl methyl sites for hydroxylation is 1. The molecule has 1 saturated carbocycles. The highest BCUT2D eigenvalue weighted by atomic mass is 127. The number of guanidine groups is 1. The molecular weight excluding hydrogens is 483 g/mol. The molecule has 2 aliphatic rings. The highest BCUT2D eigenvalue weighted by molar-refractivity contribution is 14.0. The molecule has 8 nitrogen and oxygen atoms in total. The summed E-state index contributed by atoms with van der Waals surface area (Å²) >= 11 is 0. The summed E-state index contributed by atoms with van der Waals surface area (Å²) < 4.78 is 13.5. The summed E-state index contributed by atoms with van der Waals surface area (Å²) in [4.78, 5) is 4.81. The van der Waals surface area contributed by atoms with Gasteiger partial charge in [0.2, 0.25) is 0 Å². The zero-order valence-electron chi connectivity index (χ0n) is 18.4. The first-order valence-corrected chi connectivity index (χ1v) is 10.6. The Labute approximate surface area is 191 Å². The third-order valence-electron chi connectivity index (χ3n) is 6.78. The average molecular weight is 520 g/mol. The second kappa shape index (κ2) is 10.9. The minimum absolute atomic E-state index is 0. The Bertz CT molecular complexity index is 670. The van der Waals surface area contributed by atoms with Crippen molar-refractivity contribution in [2.75, 3.05) is 20.3 Å². The topological polar surface area (TPSA) is 85.6 Å². The monoisotopic (exact) mass is 520 g/mol. The first kappa shape index (κ1) is 24.3. The van der Waals surface area contributed by atoms with E-state index in [1.165, 1.54) is 0 Å². The highest BCUT2D eigenvalue weighted by Crippen LogP contribution is 2.48. The Morgan fingerprint density at radius 1 is 1.34 bits per heavy atom. The number of nitrogens with zero attached hydrogens (tertiary/aromatic N) is 4. The van der Waals surface area contributed by atoms with Crippen LogP contribution in [-0.2, 0) is 23.1 Å². The van der Waals surface area contributed by atoms with Gasteiger partial charge in [0.15, 0.2) is 11.8 Å². The van der Waals surface area contributed by atoms with Crippen LogP contribution in [0, 0.1) is 12.3 Å². The van der Waals surface area contributed by atoms with E-state index in [9.17, 15) is 0 Å².